The first-order valence-corrected chi connectivity index (χ1v) is 8.49. The number of nitrogen functional groups attached to an aromatic ring is 1. The number of carbonyl (C=O) groups is 1. The molecule has 2 amide bonds. The topological polar surface area (TPSA) is 106 Å². The molecule has 0 saturated carbocycles. The predicted octanol–water partition coefficient (Wildman–Crippen LogP) is 4.16. The zero-order chi connectivity index (χ0) is 19.8. The van der Waals surface area contributed by atoms with Gasteiger partial charge >= 0.3 is 6.03 Å². The van der Waals surface area contributed by atoms with E-state index < -0.39 is 12.1 Å². The summed E-state index contributed by atoms with van der Waals surface area (Å²) in [7, 11) is 0. The molecule has 0 unspecified atom stereocenters. The number of aryl methyl sites for hydroxylation is 1. The number of hydrogen-bond donors (Lipinski definition) is 3. The number of benzene rings is 1. The molecule has 1 aromatic carbocycles. The fourth-order valence-electron chi connectivity index (χ4n) is 2.86. The quantitative estimate of drug-likeness (QED) is 0.641. The minimum absolute atomic E-state index is 0.124. The van der Waals surface area contributed by atoms with Crippen molar-refractivity contribution in [3.05, 3.63) is 47.7 Å². The van der Waals surface area contributed by atoms with Crippen LogP contribution in [0.3, 0.4) is 0 Å². The highest BCUT2D eigenvalue weighted by Gasteiger charge is 2.32. The number of hydrogen-bond acceptors (Lipinski definition) is 5. The van der Waals surface area contributed by atoms with Gasteiger partial charge in [-0.15, -0.1) is 0 Å². The molecule has 0 aliphatic heterocycles. The smallest absolute Gasteiger partial charge is 0.319 e. The number of halogens is 1. The lowest BCUT2D eigenvalue weighted by Crippen LogP contribution is -2.39. The molecule has 3 rings (SSSR count). The third-order valence-electron chi connectivity index (χ3n) is 4.27. The van der Waals surface area contributed by atoms with E-state index in [2.05, 4.69) is 20.6 Å². The lowest BCUT2D eigenvalue weighted by molar-refractivity contribution is 0.217. The van der Waals surface area contributed by atoms with Crippen molar-refractivity contribution in [2.24, 2.45) is 5.41 Å². The van der Waals surface area contributed by atoms with E-state index in [0.29, 0.717) is 22.4 Å². The van der Waals surface area contributed by atoms with Crippen LogP contribution in [0.25, 0.3) is 11.0 Å². The summed E-state index contributed by atoms with van der Waals surface area (Å²) in [6, 6.07) is 3.50. The van der Waals surface area contributed by atoms with E-state index in [0.717, 1.165) is 5.56 Å². The van der Waals surface area contributed by atoms with Gasteiger partial charge in [0.05, 0.1) is 24.1 Å². The Kier molecular flexibility index (Phi) is 4.73. The first-order valence-electron chi connectivity index (χ1n) is 8.49. The van der Waals surface area contributed by atoms with Crippen molar-refractivity contribution in [3.8, 4) is 0 Å². The van der Waals surface area contributed by atoms with Crippen LogP contribution in [0, 0.1) is 18.2 Å². The molecule has 3 aromatic rings. The Bertz CT molecular complexity index is 976. The fraction of sp³-hybridized carbons (Fsp3) is 0.316. The average Bonchev–Trinajstić information content (AvgIpc) is 2.90. The van der Waals surface area contributed by atoms with Crippen molar-refractivity contribution in [2.45, 2.75) is 33.7 Å². The predicted molar refractivity (Wildman–Crippen MR) is 102 cm³/mol. The van der Waals surface area contributed by atoms with Crippen molar-refractivity contribution in [2.75, 3.05) is 11.1 Å². The van der Waals surface area contributed by atoms with E-state index in [4.69, 9.17) is 10.2 Å². The van der Waals surface area contributed by atoms with Gasteiger partial charge in [0.2, 0.25) is 5.95 Å². The third-order valence-corrected chi connectivity index (χ3v) is 4.27. The van der Waals surface area contributed by atoms with Crippen molar-refractivity contribution in [1.82, 2.24) is 15.3 Å². The lowest BCUT2D eigenvalue weighted by Gasteiger charge is -2.30. The summed E-state index contributed by atoms with van der Waals surface area (Å²) < 4.78 is 19.6. The van der Waals surface area contributed by atoms with E-state index in [-0.39, 0.29) is 17.2 Å². The Morgan fingerprint density at radius 3 is 2.56 bits per heavy atom. The van der Waals surface area contributed by atoms with Gasteiger partial charge in [0.1, 0.15) is 17.2 Å². The molecule has 1 atom stereocenters. The molecule has 27 heavy (non-hydrogen) atoms. The zero-order valence-electron chi connectivity index (χ0n) is 15.6. The minimum Gasteiger partial charge on any atom is -0.459 e. The van der Waals surface area contributed by atoms with Crippen LogP contribution in [0.2, 0.25) is 0 Å². The molecule has 0 radical (unpaired) electrons. The van der Waals surface area contributed by atoms with Gasteiger partial charge in [0, 0.05) is 10.9 Å². The third kappa shape index (κ3) is 3.99. The summed E-state index contributed by atoms with van der Waals surface area (Å²) in [5.41, 5.74) is 6.87. The van der Waals surface area contributed by atoms with Crippen LogP contribution in [-0.4, -0.2) is 16.0 Å². The maximum absolute atomic E-state index is 13.6. The number of urea groups is 1. The molecule has 0 saturated heterocycles. The van der Waals surface area contributed by atoms with Gasteiger partial charge < -0.3 is 20.8 Å². The van der Waals surface area contributed by atoms with Gasteiger partial charge in [0.25, 0.3) is 0 Å². The Hall–Kier alpha value is -3.16. The van der Waals surface area contributed by atoms with Crippen LogP contribution in [0.1, 0.15) is 38.1 Å². The molecule has 7 nitrogen and oxygen atoms in total. The van der Waals surface area contributed by atoms with Gasteiger partial charge in [0.15, 0.2) is 0 Å². The second kappa shape index (κ2) is 6.86. The first kappa shape index (κ1) is 18.6. The number of rotatable bonds is 3. The molecule has 2 heterocycles. The number of carbonyl (C=O) groups excluding carboxylic acids is 1. The first-order chi connectivity index (χ1) is 12.6. The Morgan fingerprint density at radius 1 is 1.26 bits per heavy atom. The van der Waals surface area contributed by atoms with Gasteiger partial charge in [-0.25, -0.2) is 19.2 Å². The van der Waals surface area contributed by atoms with E-state index in [1.165, 1.54) is 24.5 Å². The summed E-state index contributed by atoms with van der Waals surface area (Å²) >= 11 is 0. The highest BCUT2D eigenvalue weighted by atomic mass is 19.1. The SMILES string of the molecule is Cc1c([C@H](NC(=O)Nc2cnc(N)nc2)C(C)(C)C)oc2ccc(F)cc12. The van der Waals surface area contributed by atoms with Crippen molar-refractivity contribution in [1.29, 1.82) is 0 Å². The molecular weight excluding hydrogens is 349 g/mol. The minimum atomic E-state index is -0.442. The zero-order valence-corrected chi connectivity index (χ0v) is 15.6. The van der Waals surface area contributed by atoms with Crippen molar-refractivity contribution in [3.63, 3.8) is 0 Å². The average molecular weight is 371 g/mol. The molecule has 0 aliphatic rings. The Balaban J connectivity index is 1.89. The fourth-order valence-corrected chi connectivity index (χ4v) is 2.86. The van der Waals surface area contributed by atoms with Crippen LogP contribution in [0.15, 0.2) is 35.0 Å². The molecule has 4 N–H and O–H groups in total. The summed E-state index contributed by atoms with van der Waals surface area (Å²) in [5.74, 6) is 0.379. The maximum atomic E-state index is 13.6. The molecule has 0 bridgehead atoms. The van der Waals surface area contributed by atoms with E-state index in [1.807, 2.05) is 27.7 Å². The molecule has 0 spiro atoms. The highest BCUT2D eigenvalue weighted by Crippen LogP contribution is 2.38. The summed E-state index contributed by atoms with van der Waals surface area (Å²) in [5, 5.41) is 6.29. The maximum Gasteiger partial charge on any atom is 0.319 e. The second-order valence-corrected chi connectivity index (χ2v) is 7.46. The van der Waals surface area contributed by atoms with E-state index >= 15 is 0 Å². The standard InChI is InChI=1S/C19H22FN5O2/c1-10-13-7-11(20)5-6-14(13)27-15(10)16(19(2,3)4)25-18(26)24-12-8-22-17(21)23-9-12/h5-9,16H,1-4H3,(H2,21,22,23)(H2,24,25,26)/t16-/m0/s1. The van der Waals surface area contributed by atoms with Crippen LogP contribution in [0.4, 0.5) is 20.8 Å². The summed E-state index contributed by atoms with van der Waals surface area (Å²) in [6.07, 6.45) is 2.84. The Labute approximate surface area is 156 Å². The van der Waals surface area contributed by atoms with Crippen LogP contribution in [0.5, 0.6) is 0 Å². The van der Waals surface area contributed by atoms with Gasteiger partial charge in [-0.3, -0.25) is 0 Å². The van der Waals surface area contributed by atoms with Crippen LogP contribution >= 0.6 is 0 Å². The number of amides is 2. The van der Waals surface area contributed by atoms with E-state index in [1.54, 1.807) is 6.07 Å². The van der Waals surface area contributed by atoms with Crippen molar-refractivity contribution < 1.29 is 13.6 Å². The second-order valence-electron chi connectivity index (χ2n) is 7.46. The largest absolute Gasteiger partial charge is 0.459 e. The Morgan fingerprint density at radius 2 is 1.93 bits per heavy atom. The number of nitrogens with one attached hydrogen (secondary N) is 2. The molecule has 0 fully saturated rings. The number of anilines is 2. The number of aromatic nitrogens is 2. The number of fused-ring (bicyclic) bond motifs is 1. The number of furan rings is 1. The number of nitrogens with two attached hydrogens (primary N) is 1. The van der Waals surface area contributed by atoms with Gasteiger partial charge in [-0.05, 0) is 30.5 Å². The lowest BCUT2D eigenvalue weighted by atomic mass is 9.84. The van der Waals surface area contributed by atoms with Gasteiger partial charge in [-0.1, -0.05) is 20.8 Å². The molecule has 0 aliphatic carbocycles. The summed E-state index contributed by atoms with van der Waals surface area (Å²) in [4.78, 5) is 20.2. The monoisotopic (exact) mass is 371 g/mol. The van der Waals surface area contributed by atoms with Gasteiger partial charge in [-0.2, -0.15) is 0 Å². The highest BCUT2D eigenvalue weighted by molar-refractivity contribution is 5.89. The molecule has 142 valence electrons. The molecule has 8 heteroatoms. The van der Waals surface area contributed by atoms with Crippen molar-refractivity contribution >= 4 is 28.6 Å². The molecular formula is C19H22FN5O2. The van der Waals surface area contributed by atoms with E-state index in [9.17, 15) is 9.18 Å². The normalized spacial score (nSPS) is 12.8. The van der Waals surface area contributed by atoms with Crippen LogP contribution < -0.4 is 16.4 Å². The van der Waals surface area contributed by atoms with Crippen LogP contribution in [-0.2, 0) is 0 Å². The number of nitrogens with zero attached hydrogens (tertiary/aromatic N) is 2. The summed E-state index contributed by atoms with van der Waals surface area (Å²) in [6.45, 7) is 7.80. The molecule has 2 aromatic heterocycles.